The van der Waals surface area contributed by atoms with Crippen molar-refractivity contribution in [3.8, 4) is 0 Å². The monoisotopic (exact) mass is 483 g/mol. The van der Waals surface area contributed by atoms with E-state index in [1.54, 1.807) is 13.8 Å². The van der Waals surface area contributed by atoms with Crippen LogP contribution in [0.25, 0.3) is 0 Å². The number of fused-ring (bicyclic) bond motifs is 5. The maximum Gasteiger partial charge on any atom is 0.288 e. The zero-order valence-electron chi connectivity index (χ0n) is 19.5. The van der Waals surface area contributed by atoms with E-state index in [2.05, 4.69) is 0 Å². The second-order valence-electron chi connectivity index (χ2n) is 10.8. The molecule has 4 aliphatic rings. The predicted octanol–water partition coefficient (Wildman–Crippen LogP) is 3.22. The average molecular weight is 484 g/mol. The summed E-state index contributed by atoms with van der Waals surface area (Å²) in [5, 5.41) is 21.7. The Hall–Kier alpha value is -1.58. The number of carbonyl (C=O) groups excluding carboxylic acids is 3. The van der Waals surface area contributed by atoms with Gasteiger partial charge in [-0.2, -0.15) is 0 Å². The van der Waals surface area contributed by atoms with Gasteiger partial charge in [-0.3, -0.25) is 14.4 Å². The minimum atomic E-state index is -2.27. The molecule has 0 radical (unpaired) electrons. The third kappa shape index (κ3) is 2.94. The molecule has 3 saturated carbocycles. The van der Waals surface area contributed by atoms with E-state index >= 15 is 8.78 Å². The number of hydrogen-bond donors (Lipinski definition) is 2. The van der Waals surface area contributed by atoms with Crippen LogP contribution in [0.15, 0.2) is 23.8 Å². The topological polar surface area (TPSA) is 94.9 Å². The van der Waals surface area contributed by atoms with Gasteiger partial charge in [0.2, 0.25) is 5.12 Å². The van der Waals surface area contributed by atoms with Crippen LogP contribution in [0.5, 0.6) is 0 Å². The maximum atomic E-state index is 17.1. The number of ketones is 1. The highest BCUT2D eigenvalue weighted by atomic mass is 32.2. The summed E-state index contributed by atoms with van der Waals surface area (Å²) < 4.78 is 32.5. The highest BCUT2D eigenvalue weighted by molar-refractivity contribution is 8.26. The zero-order chi connectivity index (χ0) is 24.7. The molecule has 3 fully saturated rings. The fourth-order valence-electron chi connectivity index (χ4n) is 7.22. The van der Waals surface area contributed by atoms with Gasteiger partial charge in [-0.05, 0) is 55.7 Å². The summed E-state index contributed by atoms with van der Waals surface area (Å²) in [5.41, 5.74) is -7.01. The quantitative estimate of drug-likeness (QED) is 0.595. The Morgan fingerprint density at radius 2 is 1.85 bits per heavy atom. The summed E-state index contributed by atoms with van der Waals surface area (Å²) >= 11 is 0.401. The molecule has 0 aliphatic heterocycles. The van der Waals surface area contributed by atoms with E-state index < -0.39 is 68.3 Å². The van der Waals surface area contributed by atoms with Crippen LogP contribution in [0.1, 0.15) is 40.0 Å². The second-order valence-corrected chi connectivity index (χ2v) is 11.7. The minimum Gasteiger partial charge on any atom is -0.390 e. The van der Waals surface area contributed by atoms with Crippen molar-refractivity contribution < 1.29 is 33.4 Å². The van der Waals surface area contributed by atoms with Crippen molar-refractivity contribution in [3.63, 3.8) is 0 Å². The summed E-state index contributed by atoms with van der Waals surface area (Å²) in [5.74, 6) is -2.63. The SMILES string of the molecule is CC1CC2C3CC(F)C4=CC(=O)C=CC4(C)C3(F)C(O)CC2(C)C1(O)C(=O)SC(=O)N(C)C. The number of amides is 1. The number of hydrogen-bond acceptors (Lipinski definition) is 6. The molecule has 182 valence electrons. The Kier molecular flexibility index (Phi) is 5.55. The maximum absolute atomic E-state index is 17.1. The summed E-state index contributed by atoms with van der Waals surface area (Å²) in [6.07, 6.45) is 0.273. The molecule has 9 unspecified atom stereocenters. The lowest BCUT2D eigenvalue weighted by Crippen LogP contribution is -2.70. The van der Waals surface area contributed by atoms with E-state index in [1.807, 2.05) is 0 Å². The molecular formula is C24H31F2NO5S. The van der Waals surface area contributed by atoms with Gasteiger partial charge in [0.1, 0.15) is 11.8 Å². The van der Waals surface area contributed by atoms with Crippen LogP contribution in [0.4, 0.5) is 13.6 Å². The van der Waals surface area contributed by atoms with Crippen molar-refractivity contribution in [2.45, 2.75) is 63.6 Å². The van der Waals surface area contributed by atoms with Crippen molar-refractivity contribution in [1.82, 2.24) is 4.90 Å². The number of thioether (sulfide) groups is 1. The molecule has 0 aromatic heterocycles. The van der Waals surface area contributed by atoms with Crippen LogP contribution in [0.2, 0.25) is 0 Å². The van der Waals surface area contributed by atoms with Crippen LogP contribution in [-0.2, 0) is 9.59 Å². The smallest absolute Gasteiger partial charge is 0.288 e. The number of rotatable bonds is 1. The molecule has 0 saturated heterocycles. The first-order valence-electron chi connectivity index (χ1n) is 11.3. The zero-order valence-corrected chi connectivity index (χ0v) is 20.3. The number of allylic oxidation sites excluding steroid dienone is 4. The highest BCUT2D eigenvalue weighted by Crippen LogP contribution is 2.71. The number of carbonyl (C=O) groups is 3. The largest absolute Gasteiger partial charge is 0.390 e. The lowest BCUT2D eigenvalue weighted by Gasteiger charge is -2.63. The molecule has 1 amide bonds. The first kappa shape index (κ1) is 24.5. The summed E-state index contributed by atoms with van der Waals surface area (Å²) in [4.78, 5) is 38.6. The van der Waals surface area contributed by atoms with Gasteiger partial charge in [-0.25, -0.2) is 8.78 Å². The Labute approximate surface area is 196 Å². The van der Waals surface area contributed by atoms with Crippen LogP contribution < -0.4 is 0 Å². The Balaban J connectivity index is 1.79. The molecule has 6 nitrogen and oxygen atoms in total. The molecule has 2 N–H and O–H groups in total. The van der Waals surface area contributed by atoms with E-state index in [0.29, 0.717) is 11.8 Å². The number of aliphatic hydroxyl groups excluding tert-OH is 1. The van der Waals surface area contributed by atoms with Crippen molar-refractivity contribution in [2.75, 3.05) is 14.1 Å². The van der Waals surface area contributed by atoms with E-state index in [4.69, 9.17) is 0 Å². The third-order valence-corrected chi connectivity index (χ3v) is 10.1. The highest BCUT2D eigenvalue weighted by Gasteiger charge is 2.76. The average Bonchev–Trinajstić information content (AvgIpc) is 2.93. The predicted molar refractivity (Wildman–Crippen MR) is 120 cm³/mol. The van der Waals surface area contributed by atoms with Gasteiger partial charge in [0.15, 0.2) is 11.5 Å². The van der Waals surface area contributed by atoms with Crippen LogP contribution in [-0.4, -0.2) is 68.9 Å². The molecule has 4 aliphatic carbocycles. The molecule has 0 heterocycles. The summed E-state index contributed by atoms with van der Waals surface area (Å²) in [7, 11) is 2.99. The van der Waals surface area contributed by atoms with Gasteiger partial charge in [0.05, 0.1) is 6.10 Å². The standard InChI is InChI=1S/C24H31F2NO5S/c1-12-8-14-15-10-17(25)16-9-13(28)6-7-21(16,2)23(15,26)18(29)11-22(14,3)24(12,32)19(30)33-20(31)27(4)5/h6-7,9,12,14-15,17-18,29,32H,8,10-11H2,1-5H3. The van der Waals surface area contributed by atoms with Crippen LogP contribution in [0.3, 0.4) is 0 Å². The molecule has 0 aromatic carbocycles. The fourth-order valence-corrected chi connectivity index (χ4v) is 8.15. The van der Waals surface area contributed by atoms with Gasteiger partial charge in [0, 0.05) is 42.6 Å². The Bertz CT molecular complexity index is 984. The van der Waals surface area contributed by atoms with Crippen molar-refractivity contribution in [3.05, 3.63) is 23.8 Å². The van der Waals surface area contributed by atoms with E-state index in [0.717, 1.165) is 6.08 Å². The molecule has 0 bridgehead atoms. The molecule has 33 heavy (non-hydrogen) atoms. The Morgan fingerprint density at radius 1 is 1.21 bits per heavy atom. The van der Waals surface area contributed by atoms with Gasteiger partial charge >= 0.3 is 0 Å². The first-order valence-corrected chi connectivity index (χ1v) is 12.1. The summed E-state index contributed by atoms with van der Waals surface area (Å²) in [6.45, 7) is 4.83. The number of nitrogens with zero attached hydrogens (tertiary/aromatic N) is 1. The van der Waals surface area contributed by atoms with E-state index in [9.17, 15) is 24.6 Å². The third-order valence-electron chi connectivity index (χ3n) is 9.07. The fraction of sp³-hybridized carbons (Fsp3) is 0.708. The van der Waals surface area contributed by atoms with Crippen LogP contribution >= 0.6 is 11.8 Å². The van der Waals surface area contributed by atoms with Crippen molar-refractivity contribution in [2.24, 2.45) is 28.6 Å². The molecule has 4 rings (SSSR count). The van der Waals surface area contributed by atoms with Gasteiger partial charge in [-0.1, -0.05) is 19.9 Å². The number of halogens is 2. The van der Waals surface area contributed by atoms with Gasteiger partial charge in [-0.15, -0.1) is 0 Å². The number of aliphatic hydroxyl groups is 2. The molecule has 0 aromatic rings. The minimum absolute atomic E-state index is 0.0286. The van der Waals surface area contributed by atoms with E-state index in [1.165, 1.54) is 38.1 Å². The van der Waals surface area contributed by atoms with Gasteiger partial charge in [0.25, 0.3) is 5.24 Å². The second kappa shape index (κ2) is 7.46. The molecule has 9 heteroatoms. The van der Waals surface area contributed by atoms with E-state index in [-0.39, 0.29) is 24.8 Å². The lowest BCUT2D eigenvalue weighted by molar-refractivity contribution is -0.221. The van der Waals surface area contributed by atoms with Crippen LogP contribution in [0, 0.1) is 28.6 Å². The molecule has 0 spiro atoms. The van der Waals surface area contributed by atoms with Gasteiger partial charge < -0.3 is 15.1 Å². The van der Waals surface area contributed by atoms with Crippen molar-refractivity contribution in [1.29, 1.82) is 0 Å². The molecule has 9 atom stereocenters. The molecular weight excluding hydrogens is 452 g/mol. The first-order chi connectivity index (χ1) is 15.1. The summed E-state index contributed by atoms with van der Waals surface area (Å²) in [6, 6.07) is 0. The van der Waals surface area contributed by atoms with Crippen molar-refractivity contribution >= 4 is 27.9 Å². The normalized spacial score (nSPS) is 48.5. The lowest BCUT2D eigenvalue weighted by atomic mass is 9.44. The Morgan fingerprint density at radius 3 is 2.45 bits per heavy atom. The number of alkyl halides is 2.